The summed E-state index contributed by atoms with van der Waals surface area (Å²) in [4.78, 5) is 26.9. The number of aromatic nitrogens is 1. The van der Waals surface area contributed by atoms with Gasteiger partial charge in [0.2, 0.25) is 0 Å². The van der Waals surface area contributed by atoms with Gasteiger partial charge in [0.25, 0.3) is 5.91 Å². The second kappa shape index (κ2) is 9.19. The Balaban J connectivity index is 1.29. The van der Waals surface area contributed by atoms with Crippen molar-refractivity contribution in [3.05, 3.63) is 34.7 Å². The van der Waals surface area contributed by atoms with Gasteiger partial charge in [-0.05, 0) is 24.3 Å². The van der Waals surface area contributed by atoms with Gasteiger partial charge in [0, 0.05) is 35.6 Å². The van der Waals surface area contributed by atoms with Gasteiger partial charge in [-0.15, -0.1) is 11.3 Å². The minimum absolute atomic E-state index is 0.116. The van der Waals surface area contributed by atoms with Crippen LogP contribution >= 0.6 is 11.3 Å². The van der Waals surface area contributed by atoms with Crippen molar-refractivity contribution in [2.75, 3.05) is 31.5 Å². The Morgan fingerprint density at radius 3 is 2.67 bits per heavy atom. The molecule has 4 aliphatic rings. The number of ether oxygens (including phenoxy) is 1. The van der Waals surface area contributed by atoms with Gasteiger partial charge >= 0.3 is 5.97 Å². The van der Waals surface area contributed by atoms with E-state index in [9.17, 15) is 14.7 Å². The average molecular weight is 475 g/mol. The van der Waals surface area contributed by atoms with Crippen LogP contribution in [-0.4, -0.2) is 58.9 Å². The number of anilines is 1. The highest BCUT2D eigenvalue weighted by Crippen LogP contribution is 2.43. The molecule has 33 heavy (non-hydrogen) atoms. The third-order valence-electron chi connectivity index (χ3n) is 7.89. The van der Waals surface area contributed by atoms with Crippen LogP contribution in [0.4, 0.5) is 5.82 Å². The number of aliphatic hydroxyl groups is 1. The van der Waals surface area contributed by atoms with E-state index >= 15 is 0 Å². The Morgan fingerprint density at radius 1 is 1.21 bits per heavy atom. The lowest BCUT2D eigenvalue weighted by molar-refractivity contribution is -0.939. The predicted octanol–water partition coefficient (Wildman–Crippen LogP) is 3.29. The van der Waals surface area contributed by atoms with Gasteiger partial charge in [0.05, 0.1) is 13.1 Å². The minimum atomic E-state index is -1.59. The van der Waals surface area contributed by atoms with E-state index in [0.29, 0.717) is 28.3 Å². The number of hydrogen-bond acceptors (Lipinski definition) is 7. The molecule has 6 rings (SSSR count). The van der Waals surface area contributed by atoms with Crippen LogP contribution in [0.5, 0.6) is 0 Å². The molecule has 2 aromatic rings. The maximum Gasteiger partial charge on any atom is 0.344 e. The number of nitrogens with one attached hydrogen (secondary N) is 1. The molecule has 178 valence electrons. The summed E-state index contributed by atoms with van der Waals surface area (Å²) >= 11 is 1.42. The number of esters is 1. The van der Waals surface area contributed by atoms with Crippen LogP contribution in [0, 0.1) is 11.8 Å². The molecular formula is C24H32N3O5S+. The van der Waals surface area contributed by atoms with Crippen LogP contribution < -0.4 is 5.32 Å². The van der Waals surface area contributed by atoms with Crippen LogP contribution in [-0.2, 0) is 19.9 Å². The van der Waals surface area contributed by atoms with Crippen molar-refractivity contribution in [1.82, 2.24) is 5.16 Å². The molecule has 1 saturated carbocycles. The molecule has 0 radical (unpaired) electrons. The molecule has 3 aliphatic heterocycles. The third kappa shape index (κ3) is 4.46. The van der Waals surface area contributed by atoms with Crippen molar-refractivity contribution >= 4 is 29.0 Å². The maximum atomic E-state index is 13.6. The zero-order valence-electron chi connectivity index (χ0n) is 18.8. The SMILES string of the molecule is O=C(C[N+]12CCC(CC1)C(OC(=O)C(O)(c1cccs1)C1CCCCC1)C2)Nc1ccon1. The zero-order valence-corrected chi connectivity index (χ0v) is 19.6. The van der Waals surface area contributed by atoms with Crippen molar-refractivity contribution in [3.63, 3.8) is 0 Å². The van der Waals surface area contributed by atoms with Gasteiger partial charge in [-0.3, -0.25) is 4.79 Å². The molecule has 2 bridgehead atoms. The van der Waals surface area contributed by atoms with E-state index in [1.165, 1.54) is 17.6 Å². The fourth-order valence-corrected chi connectivity index (χ4v) is 6.94. The zero-order chi connectivity index (χ0) is 22.9. The van der Waals surface area contributed by atoms with E-state index in [-0.39, 0.29) is 23.8 Å². The molecule has 0 aromatic carbocycles. The van der Waals surface area contributed by atoms with Crippen LogP contribution in [0.1, 0.15) is 49.8 Å². The Bertz CT molecular complexity index is 949. The van der Waals surface area contributed by atoms with Gasteiger partial charge in [-0.25, -0.2) is 4.79 Å². The largest absolute Gasteiger partial charge is 0.454 e. The number of piperidine rings is 3. The van der Waals surface area contributed by atoms with Crippen molar-refractivity contribution in [1.29, 1.82) is 0 Å². The van der Waals surface area contributed by atoms with Crippen LogP contribution in [0.15, 0.2) is 34.4 Å². The molecule has 9 heteroatoms. The Kier molecular flexibility index (Phi) is 6.28. The average Bonchev–Trinajstić information content (AvgIpc) is 3.54. The normalized spacial score (nSPS) is 29.4. The number of amides is 1. The minimum Gasteiger partial charge on any atom is -0.454 e. The van der Waals surface area contributed by atoms with Gasteiger partial charge in [-0.1, -0.05) is 30.5 Å². The van der Waals surface area contributed by atoms with Crippen LogP contribution in [0.2, 0.25) is 0 Å². The molecule has 2 N–H and O–H groups in total. The lowest BCUT2D eigenvalue weighted by Crippen LogP contribution is -2.66. The number of thiophene rings is 1. The summed E-state index contributed by atoms with van der Waals surface area (Å²) in [5, 5.41) is 20.2. The Labute approximate surface area is 197 Å². The van der Waals surface area contributed by atoms with Gasteiger partial charge < -0.3 is 24.2 Å². The van der Waals surface area contributed by atoms with Gasteiger partial charge in [-0.2, -0.15) is 0 Å². The van der Waals surface area contributed by atoms with Crippen molar-refractivity contribution in [3.8, 4) is 0 Å². The summed E-state index contributed by atoms with van der Waals surface area (Å²) in [6.45, 7) is 2.70. The highest BCUT2D eigenvalue weighted by atomic mass is 32.1. The number of quaternary nitrogens is 1. The molecule has 3 saturated heterocycles. The van der Waals surface area contributed by atoms with Crippen LogP contribution in [0.25, 0.3) is 0 Å². The number of carbonyl (C=O) groups excluding carboxylic acids is 2. The molecule has 2 atom stereocenters. The molecule has 0 spiro atoms. The first kappa shape index (κ1) is 22.6. The highest BCUT2D eigenvalue weighted by molar-refractivity contribution is 7.10. The van der Waals surface area contributed by atoms with E-state index in [2.05, 4.69) is 10.5 Å². The van der Waals surface area contributed by atoms with E-state index in [4.69, 9.17) is 9.26 Å². The van der Waals surface area contributed by atoms with Crippen LogP contribution in [0.3, 0.4) is 0 Å². The lowest BCUT2D eigenvalue weighted by atomic mass is 9.75. The first-order chi connectivity index (χ1) is 16.0. The summed E-state index contributed by atoms with van der Waals surface area (Å²) in [5.41, 5.74) is -1.59. The number of nitrogens with zero attached hydrogens (tertiary/aromatic N) is 2. The predicted molar refractivity (Wildman–Crippen MR) is 122 cm³/mol. The first-order valence-electron chi connectivity index (χ1n) is 12.0. The van der Waals surface area contributed by atoms with Crippen molar-refractivity contribution in [2.45, 2.75) is 56.7 Å². The third-order valence-corrected chi connectivity index (χ3v) is 8.88. The van der Waals surface area contributed by atoms with Crippen molar-refractivity contribution < 1.29 is 28.4 Å². The maximum absolute atomic E-state index is 13.6. The summed E-state index contributed by atoms with van der Waals surface area (Å²) in [7, 11) is 0. The quantitative estimate of drug-likeness (QED) is 0.472. The van der Waals surface area contributed by atoms with E-state index < -0.39 is 11.6 Å². The highest BCUT2D eigenvalue weighted by Gasteiger charge is 2.53. The topological polar surface area (TPSA) is 102 Å². The lowest BCUT2D eigenvalue weighted by Gasteiger charge is -2.52. The summed E-state index contributed by atoms with van der Waals surface area (Å²) in [5.74, 6) is -0.0599. The number of fused-ring (bicyclic) bond motifs is 3. The Morgan fingerprint density at radius 2 is 2.00 bits per heavy atom. The number of rotatable bonds is 7. The number of hydrogen-bond donors (Lipinski definition) is 2. The van der Waals surface area contributed by atoms with E-state index in [1.807, 2.05) is 17.5 Å². The second-order valence-electron chi connectivity index (χ2n) is 9.92. The monoisotopic (exact) mass is 474 g/mol. The van der Waals surface area contributed by atoms with Gasteiger partial charge in [0.1, 0.15) is 12.8 Å². The number of carbonyl (C=O) groups is 2. The second-order valence-corrected chi connectivity index (χ2v) is 10.9. The summed E-state index contributed by atoms with van der Waals surface area (Å²) in [6.07, 6.45) is 7.83. The van der Waals surface area contributed by atoms with E-state index in [1.54, 1.807) is 6.07 Å². The molecule has 8 nitrogen and oxygen atoms in total. The molecule has 5 heterocycles. The molecule has 1 amide bonds. The fraction of sp³-hybridized carbons (Fsp3) is 0.625. The standard InChI is InChI=1S/C24H31N3O5S/c28-22(25-21-10-13-31-26-21)16-27-11-8-17(9-12-27)19(15-27)32-23(29)24(30,20-7-4-14-33-20)18-5-2-1-3-6-18/h4,7,10,13-14,17-19,30H,1-3,5-6,8-9,11-12,15-16H2/p+1. The van der Waals surface area contributed by atoms with E-state index in [0.717, 1.165) is 58.0 Å². The molecular weight excluding hydrogens is 442 g/mol. The smallest absolute Gasteiger partial charge is 0.344 e. The molecule has 2 aromatic heterocycles. The molecule has 4 fully saturated rings. The van der Waals surface area contributed by atoms with Crippen molar-refractivity contribution in [2.24, 2.45) is 11.8 Å². The molecule has 1 aliphatic carbocycles. The first-order valence-corrected chi connectivity index (χ1v) is 12.9. The summed E-state index contributed by atoms with van der Waals surface area (Å²) < 4.78 is 11.5. The van der Waals surface area contributed by atoms with Gasteiger partial charge in [0.15, 0.2) is 24.1 Å². The summed E-state index contributed by atoms with van der Waals surface area (Å²) in [6, 6.07) is 5.34. The fourth-order valence-electron chi connectivity index (χ4n) is 6.05. The Hall–Kier alpha value is -2.23. The molecule has 2 unspecified atom stereocenters.